The molecule has 0 unspecified atom stereocenters. The summed E-state index contributed by atoms with van der Waals surface area (Å²) in [6.45, 7) is 0.973. The quantitative estimate of drug-likeness (QED) is 0.786. The molecule has 0 aliphatic rings. The van der Waals surface area contributed by atoms with Crippen LogP contribution in [0.1, 0.15) is 22.5 Å². The van der Waals surface area contributed by atoms with Crippen molar-refractivity contribution in [3.63, 3.8) is 0 Å². The van der Waals surface area contributed by atoms with Crippen molar-refractivity contribution in [2.45, 2.75) is 6.42 Å². The number of pyridine rings is 1. The summed E-state index contributed by atoms with van der Waals surface area (Å²) in [5.74, 6) is 5.46. The van der Waals surface area contributed by atoms with Gasteiger partial charge in [-0.05, 0) is 12.1 Å². The maximum atomic E-state index is 12.2. The van der Waals surface area contributed by atoms with Crippen molar-refractivity contribution in [2.75, 3.05) is 33.9 Å². The van der Waals surface area contributed by atoms with Crippen LogP contribution in [0.2, 0.25) is 0 Å². The zero-order valence-corrected chi connectivity index (χ0v) is 11.2. The van der Waals surface area contributed by atoms with Gasteiger partial charge in [0.25, 0.3) is 5.91 Å². The molecule has 19 heavy (non-hydrogen) atoms. The molecule has 5 heteroatoms. The number of aliphatic hydroxyl groups excluding tert-OH is 1. The minimum Gasteiger partial charge on any atom is -0.395 e. The normalized spacial score (nSPS) is 9.63. The van der Waals surface area contributed by atoms with E-state index in [2.05, 4.69) is 16.8 Å². The molecule has 0 aliphatic carbocycles. The minimum atomic E-state index is -0.189. The van der Waals surface area contributed by atoms with Crippen LogP contribution in [0, 0.1) is 11.8 Å². The van der Waals surface area contributed by atoms with Crippen molar-refractivity contribution in [1.82, 2.24) is 9.88 Å². The number of carbonyl (C=O) groups excluding carboxylic acids is 1. The molecule has 1 aromatic rings. The summed E-state index contributed by atoms with van der Waals surface area (Å²) in [7, 11) is 3.28. The summed E-state index contributed by atoms with van der Waals surface area (Å²) in [5.41, 5.74) is 0.900. The van der Waals surface area contributed by atoms with E-state index in [-0.39, 0.29) is 12.5 Å². The summed E-state index contributed by atoms with van der Waals surface area (Å²) in [4.78, 5) is 17.8. The van der Waals surface area contributed by atoms with Crippen LogP contribution in [0.15, 0.2) is 18.3 Å². The van der Waals surface area contributed by atoms with Gasteiger partial charge < -0.3 is 14.7 Å². The Morgan fingerprint density at radius 3 is 3.05 bits per heavy atom. The molecule has 0 radical (unpaired) electrons. The van der Waals surface area contributed by atoms with Crippen LogP contribution in [-0.4, -0.2) is 54.8 Å². The molecule has 0 atom stereocenters. The topological polar surface area (TPSA) is 62.7 Å². The van der Waals surface area contributed by atoms with E-state index in [0.717, 1.165) is 0 Å². The second kappa shape index (κ2) is 8.25. The average Bonchev–Trinajstić information content (AvgIpc) is 2.44. The molecule has 1 aromatic heterocycles. The van der Waals surface area contributed by atoms with Crippen LogP contribution >= 0.6 is 0 Å². The van der Waals surface area contributed by atoms with Crippen LogP contribution in [0.5, 0.6) is 0 Å². The lowest BCUT2D eigenvalue weighted by molar-refractivity contribution is 0.0738. The van der Waals surface area contributed by atoms with Crippen LogP contribution in [0.3, 0.4) is 0 Å². The smallest absolute Gasteiger partial charge is 0.273 e. The maximum absolute atomic E-state index is 12.2. The highest BCUT2D eigenvalue weighted by Crippen LogP contribution is 2.07. The third-order valence-corrected chi connectivity index (χ3v) is 2.45. The van der Waals surface area contributed by atoms with E-state index in [1.165, 1.54) is 0 Å². The van der Waals surface area contributed by atoms with Gasteiger partial charge in [-0.3, -0.25) is 4.79 Å². The van der Waals surface area contributed by atoms with Crippen molar-refractivity contribution in [2.24, 2.45) is 0 Å². The fourth-order valence-corrected chi connectivity index (χ4v) is 1.40. The van der Waals surface area contributed by atoms with E-state index < -0.39 is 0 Å². The van der Waals surface area contributed by atoms with Crippen LogP contribution in [-0.2, 0) is 4.74 Å². The van der Waals surface area contributed by atoms with Gasteiger partial charge in [-0.2, -0.15) is 0 Å². The van der Waals surface area contributed by atoms with E-state index in [9.17, 15) is 4.79 Å². The molecule has 0 aromatic carbocycles. The molecule has 0 aliphatic heterocycles. The fourth-order valence-electron chi connectivity index (χ4n) is 1.40. The van der Waals surface area contributed by atoms with Crippen LogP contribution < -0.4 is 0 Å². The molecule has 102 valence electrons. The highest BCUT2D eigenvalue weighted by molar-refractivity contribution is 5.94. The van der Waals surface area contributed by atoms with Crippen molar-refractivity contribution < 1.29 is 14.6 Å². The molecule has 0 saturated heterocycles. The number of amides is 1. The first-order chi connectivity index (χ1) is 9.20. The third-order valence-electron chi connectivity index (χ3n) is 2.45. The Balaban J connectivity index is 2.88. The summed E-state index contributed by atoms with van der Waals surface area (Å²) in [6, 6.07) is 3.48. The molecular weight excluding hydrogens is 244 g/mol. The van der Waals surface area contributed by atoms with Gasteiger partial charge in [0.05, 0.1) is 18.8 Å². The fraction of sp³-hybridized carbons (Fsp3) is 0.429. The van der Waals surface area contributed by atoms with E-state index in [1.54, 1.807) is 37.4 Å². The van der Waals surface area contributed by atoms with Gasteiger partial charge in [-0.15, -0.1) is 0 Å². The second-order valence-corrected chi connectivity index (χ2v) is 3.89. The molecule has 1 heterocycles. The molecule has 1 amide bonds. The largest absolute Gasteiger partial charge is 0.395 e. The number of ether oxygens (including phenoxy) is 1. The van der Waals surface area contributed by atoms with E-state index in [0.29, 0.717) is 30.8 Å². The molecule has 0 bridgehead atoms. The third kappa shape index (κ3) is 4.70. The lowest BCUT2D eigenvalue weighted by atomic mass is 10.1. The monoisotopic (exact) mass is 262 g/mol. The maximum Gasteiger partial charge on any atom is 0.273 e. The van der Waals surface area contributed by atoms with Crippen molar-refractivity contribution >= 4 is 5.91 Å². The highest BCUT2D eigenvalue weighted by atomic mass is 16.5. The lowest BCUT2D eigenvalue weighted by Crippen LogP contribution is -2.31. The predicted octanol–water partition coefficient (Wildman–Crippen LogP) is 0.534. The van der Waals surface area contributed by atoms with Crippen molar-refractivity contribution in [1.29, 1.82) is 0 Å². The van der Waals surface area contributed by atoms with Gasteiger partial charge >= 0.3 is 0 Å². The van der Waals surface area contributed by atoms with Crippen LogP contribution in [0.4, 0.5) is 0 Å². The molecular formula is C14H18N2O3. The standard InChI is InChI=1S/C14H18N2O3/c1-16(9-11-19-2)14(18)13-12(6-3-4-10-17)7-5-8-15-13/h5,7-8,17H,4,9-11H2,1-2H3. The number of likely N-dealkylation sites (N-methyl/N-ethyl adjacent to an activating group) is 1. The number of rotatable bonds is 5. The van der Waals surface area contributed by atoms with E-state index >= 15 is 0 Å². The first kappa shape index (κ1) is 15.2. The molecule has 0 saturated carbocycles. The molecule has 5 nitrogen and oxygen atoms in total. The Morgan fingerprint density at radius 1 is 1.58 bits per heavy atom. The Labute approximate surface area is 113 Å². The second-order valence-electron chi connectivity index (χ2n) is 3.89. The average molecular weight is 262 g/mol. The van der Waals surface area contributed by atoms with E-state index in [1.807, 2.05) is 0 Å². The number of nitrogens with zero attached hydrogens (tertiary/aromatic N) is 2. The van der Waals surface area contributed by atoms with Crippen LogP contribution in [0.25, 0.3) is 0 Å². The van der Waals surface area contributed by atoms with Gasteiger partial charge in [0.15, 0.2) is 0 Å². The summed E-state index contributed by atoms with van der Waals surface area (Å²) >= 11 is 0. The Morgan fingerprint density at radius 2 is 2.37 bits per heavy atom. The number of methoxy groups -OCH3 is 1. The SMILES string of the molecule is COCCN(C)C(=O)c1ncccc1C#CCCO. The molecule has 0 spiro atoms. The van der Waals surface area contributed by atoms with Gasteiger partial charge in [-0.1, -0.05) is 11.8 Å². The summed E-state index contributed by atoms with van der Waals surface area (Å²) in [5, 5.41) is 8.70. The zero-order chi connectivity index (χ0) is 14.1. The lowest BCUT2D eigenvalue weighted by Gasteiger charge is -2.16. The number of hydrogen-bond donors (Lipinski definition) is 1. The van der Waals surface area contributed by atoms with Gasteiger partial charge in [-0.25, -0.2) is 4.98 Å². The Hall–Kier alpha value is -1.90. The summed E-state index contributed by atoms with van der Waals surface area (Å²) in [6.07, 6.45) is 1.94. The number of aromatic nitrogens is 1. The molecule has 1 N–H and O–H groups in total. The van der Waals surface area contributed by atoms with Gasteiger partial charge in [0.2, 0.25) is 0 Å². The van der Waals surface area contributed by atoms with Crippen molar-refractivity contribution in [3.8, 4) is 11.8 Å². The number of carbonyl (C=O) groups is 1. The highest BCUT2D eigenvalue weighted by Gasteiger charge is 2.15. The first-order valence-corrected chi connectivity index (χ1v) is 6.00. The van der Waals surface area contributed by atoms with Crippen molar-refractivity contribution in [3.05, 3.63) is 29.6 Å². The zero-order valence-electron chi connectivity index (χ0n) is 11.2. The Bertz CT molecular complexity index is 477. The number of aliphatic hydroxyl groups is 1. The van der Waals surface area contributed by atoms with Gasteiger partial charge in [0, 0.05) is 33.3 Å². The predicted molar refractivity (Wildman–Crippen MR) is 71.7 cm³/mol. The first-order valence-electron chi connectivity index (χ1n) is 6.00. The summed E-state index contributed by atoms with van der Waals surface area (Å²) < 4.78 is 4.94. The van der Waals surface area contributed by atoms with E-state index in [4.69, 9.17) is 9.84 Å². The molecule has 1 rings (SSSR count). The minimum absolute atomic E-state index is 0.00425. The number of hydrogen-bond acceptors (Lipinski definition) is 4. The molecule has 0 fully saturated rings. The Kier molecular flexibility index (Phi) is 6.58. The van der Waals surface area contributed by atoms with Gasteiger partial charge in [0.1, 0.15) is 5.69 Å².